The van der Waals surface area contributed by atoms with Crippen LogP contribution in [0.2, 0.25) is 5.02 Å². The molecular formula is C21H25ClN2O2. The van der Waals surface area contributed by atoms with E-state index in [1.165, 1.54) is 11.1 Å². The van der Waals surface area contributed by atoms with Gasteiger partial charge in [0.15, 0.2) is 0 Å². The minimum absolute atomic E-state index is 0.0441. The maximum atomic E-state index is 12.5. The molecule has 4 nitrogen and oxygen atoms in total. The Bertz CT molecular complexity index is 772. The molecule has 0 bridgehead atoms. The molecule has 0 saturated heterocycles. The van der Waals surface area contributed by atoms with Crippen LogP contribution in [-0.2, 0) is 22.6 Å². The molecule has 26 heavy (non-hydrogen) atoms. The lowest BCUT2D eigenvalue weighted by atomic mass is 10.0. The predicted octanol–water partition coefficient (Wildman–Crippen LogP) is 3.66. The Morgan fingerprint density at radius 3 is 2.27 bits per heavy atom. The quantitative estimate of drug-likeness (QED) is 0.806. The summed E-state index contributed by atoms with van der Waals surface area (Å²) in [6.45, 7) is 6.94. The Balaban J connectivity index is 1.88. The molecule has 138 valence electrons. The van der Waals surface area contributed by atoms with Gasteiger partial charge in [-0.05, 0) is 55.2 Å². The molecule has 0 spiro atoms. The maximum Gasteiger partial charge on any atom is 0.239 e. The fourth-order valence-corrected chi connectivity index (χ4v) is 2.73. The molecule has 2 rings (SSSR count). The van der Waals surface area contributed by atoms with E-state index in [1.807, 2.05) is 51.1 Å². The van der Waals surface area contributed by atoms with Crippen molar-refractivity contribution in [1.29, 1.82) is 0 Å². The summed E-state index contributed by atoms with van der Waals surface area (Å²) in [5.74, 6) is -0.215. The van der Waals surface area contributed by atoms with Gasteiger partial charge in [0.05, 0.1) is 13.0 Å². The van der Waals surface area contributed by atoms with E-state index in [4.69, 9.17) is 11.6 Å². The first-order valence-corrected chi connectivity index (χ1v) is 9.12. The molecule has 0 aliphatic rings. The summed E-state index contributed by atoms with van der Waals surface area (Å²) in [7, 11) is 0. The highest BCUT2D eigenvalue weighted by Gasteiger charge is 2.16. The van der Waals surface area contributed by atoms with Crippen molar-refractivity contribution in [2.75, 3.05) is 13.1 Å². The first kappa shape index (κ1) is 20.0. The van der Waals surface area contributed by atoms with Gasteiger partial charge in [-0.1, -0.05) is 41.9 Å². The van der Waals surface area contributed by atoms with Crippen molar-refractivity contribution < 1.29 is 9.59 Å². The van der Waals surface area contributed by atoms with Gasteiger partial charge in [-0.25, -0.2) is 0 Å². The number of hydrogen-bond donors (Lipinski definition) is 1. The minimum atomic E-state index is -0.171. The second-order valence-electron chi connectivity index (χ2n) is 6.41. The van der Waals surface area contributed by atoms with Gasteiger partial charge in [-0.3, -0.25) is 9.59 Å². The zero-order valence-electron chi connectivity index (χ0n) is 15.5. The van der Waals surface area contributed by atoms with Gasteiger partial charge in [0.2, 0.25) is 11.8 Å². The number of carbonyl (C=O) groups is 2. The summed E-state index contributed by atoms with van der Waals surface area (Å²) in [4.78, 5) is 26.3. The number of benzene rings is 2. The summed E-state index contributed by atoms with van der Waals surface area (Å²) in [6.07, 6.45) is 0.305. The van der Waals surface area contributed by atoms with Crippen LogP contribution in [0.15, 0.2) is 42.5 Å². The molecule has 0 saturated carbocycles. The van der Waals surface area contributed by atoms with E-state index >= 15 is 0 Å². The zero-order chi connectivity index (χ0) is 19.1. The first-order valence-electron chi connectivity index (χ1n) is 8.74. The summed E-state index contributed by atoms with van der Waals surface area (Å²) in [5.41, 5.74) is 4.31. The second kappa shape index (κ2) is 9.39. The van der Waals surface area contributed by atoms with E-state index in [9.17, 15) is 9.59 Å². The summed E-state index contributed by atoms with van der Waals surface area (Å²) in [5, 5.41) is 3.50. The van der Waals surface area contributed by atoms with Crippen molar-refractivity contribution in [3.8, 4) is 0 Å². The lowest BCUT2D eigenvalue weighted by Crippen LogP contribution is -2.41. The topological polar surface area (TPSA) is 49.4 Å². The molecule has 1 N–H and O–H groups in total. The van der Waals surface area contributed by atoms with Gasteiger partial charge in [0, 0.05) is 18.1 Å². The molecule has 0 aliphatic heterocycles. The van der Waals surface area contributed by atoms with Crippen LogP contribution in [0.3, 0.4) is 0 Å². The monoisotopic (exact) mass is 372 g/mol. The van der Waals surface area contributed by atoms with Crippen LogP contribution < -0.4 is 5.32 Å². The van der Waals surface area contributed by atoms with E-state index in [1.54, 1.807) is 17.0 Å². The van der Waals surface area contributed by atoms with Crippen molar-refractivity contribution in [3.63, 3.8) is 0 Å². The zero-order valence-corrected chi connectivity index (χ0v) is 16.3. The first-order chi connectivity index (χ1) is 12.4. The van der Waals surface area contributed by atoms with E-state index in [2.05, 4.69) is 5.32 Å². The Labute approximate surface area is 160 Å². The lowest BCUT2D eigenvalue weighted by molar-refractivity contribution is -0.135. The van der Waals surface area contributed by atoms with Crippen LogP contribution in [0, 0.1) is 13.8 Å². The van der Waals surface area contributed by atoms with Crippen LogP contribution in [0.25, 0.3) is 0 Å². The van der Waals surface area contributed by atoms with Gasteiger partial charge in [-0.2, -0.15) is 0 Å². The Hall–Kier alpha value is -2.33. The molecule has 0 aromatic heterocycles. The largest absolute Gasteiger partial charge is 0.350 e. The van der Waals surface area contributed by atoms with Crippen molar-refractivity contribution in [1.82, 2.24) is 10.2 Å². The van der Waals surface area contributed by atoms with Crippen LogP contribution in [0.5, 0.6) is 0 Å². The Kier molecular flexibility index (Phi) is 7.22. The maximum absolute atomic E-state index is 12.5. The Morgan fingerprint density at radius 2 is 1.65 bits per heavy atom. The number of rotatable bonds is 7. The number of halogens is 1. The lowest BCUT2D eigenvalue weighted by Gasteiger charge is -2.20. The highest BCUT2D eigenvalue weighted by atomic mass is 35.5. The molecule has 0 aliphatic carbocycles. The fraction of sp³-hybridized carbons (Fsp3) is 0.333. The number of carbonyl (C=O) groups excluding carboxylic acids is 2. The molecule has 0 radical (unpaired) electrons. The van der Waals surface area contributed by atoms with E-state index < -0.39 is 0 Å². The average Bonchev–Trinajstić information content (AvgIpc) is 2.62. The highest BCUT2D eigenvalue weighted by molar-refractivity contribution is 6.30. The van der Waals surface area contributed by atoms with E-state index in [-0.39, 0.29) is 18.4 Å². The van der Waals surface area contributed by atoms with Crippen LogP contribution in [-0.4, -0.2) is 29.8 Å². The van der Waals surface area contributed by atoms with E-state index in [0.717, 1.165) is 11.1 Å². The van der Waals surface area contributed by atoms with Gasteiger partial charge in [0.25, 0.3) is 0 Å². The predicted molar refractivity (Wildman–Crippen MR) is 105 cm³/mol. The number of nitrogens with one attached hydrogen (secondary N) is 1. The second-order valence-corrected chi connectivity index (χ2v) is 6.84. The van der Waals surface area contributed by atoms with Crippen LogP contribution >= 0.6 is 11.6 Å². The molecule has 5 heteroatoms. The van der Waals surface area contributed by atoms with Crippen molar-refractivity contribution >= 4 is 23.4 Å². The van der Waals surface area contributed by atoms with Gasteiger partial charge in [-0.15, -0.1) is 0 Å². The molecule has 0 fully saturated rings. The summed E-state index contributed by atoms with van der Waals surface area (Å²) < 4.78 is 0. The fourth-order valence-electron chi connectivity index (χ4n) is 2.61. The summed E-state index contributed by atoms with van der Waals surface area (Å²) >= 11 is 5.85. The number of amides is 2. The van der Waals surface area contributed by atoms with Crippen molar-refractivity contribution in [2.45, 2.75) is 33.7 Å². The van der Waals surface area contributed by atoms with Crippen molar-refractivity contribution in [3.05, 3.63) is 69.7 Å². The normalized spacial score (nSPS) is 10.5. The number of likely N-dealkylation sites (N-methyl/N-ethyl adjacent to an activating group) is 1. The van der Waals surface area contributed by atoms with Crippen molar-refractivity contribution in [2.24, 2.45) is 0 Å². The number of aryl methyl sites for hydroxylation is 2. The van der Waals surface area contributed by atoms with Gasteiger partial charge >= 0.3 is 0 Å². The van der Waals surface area contributed by atoms with Crippen LogP contribution in [0.1, 0.15) is 29.2 Å². The average molecular weight is 373 g/mol. The third-order valence-electron chi connectivity index (χ3n) is 4.40. The molecule has 2 aromatic rings. The summed E-state index contributed by atoms with van der Waals surface area (Å²) in [6, 6.07) is 13.3. The third kappa shape index (κ3) is 5.88. The molecule has 0 unspecified atom stereocenters. The molecule has 2 amide bonds. The molecular weight excluding hydrogens is 348 g/mol. The standard InChI is InChI=1S/C21H25ClN2O2/c1-4-24(21(26)12-18-6-5-15(2)16(3)11-18)14-20(25)23-13-17-7-9-19(22)10-8-17/h5-11H,4,12-14H2,1-3H3,(H,23,25). The molecule has 0 heterocycles. The molecule has 2 aromatic carbocycles. The van der Waals surface area contributed by atoms with Crippen LogP contribution in [0.4, 0.5) is 0 Å². The van der Waals surface area contributed by atoms with Gasteiger partial charge in [0.1, 0.15) is 0 Å². The third-order valence-corrected chi connectivity index (χ3v) is 4.65. The Morgan fingerprint density at radius 1 is 1.00 bits per heavy atom. The smallest absolute Gasteiger partial charge is 0.239 e. The van der Waals surface area contributed by atoms with Gasteiger partial charge < -0.3 is 10.2 Å². The highest BCUT2D eigenvalue weighted by Crippen LogP contribution is 2.12. The SMILES string of the molecule is CCN(CC(=O)NCc1ccc(Cl)cc1)C(=O)Cc1ccc(C)c(C)c1. The number of nitrogens with zero attached hydrogens (tertiary/aromatic N) is 1. The minimum Gasteiger partial charge on any atom is -0.350 e. The number of hydrogen-bond acceptors (Lipinski definition) is 2. The molecule has 0 atom stereocenters. The van der Waals surface area contributed by atoms with E-state index in [0.29, 0.717) is 24.5 Å².